The van der Waals surface area contributed by atoms with Crippen LogP contribution in [-0.4, -0.2) is 21.1 Å². The Morgan fingerprint density at radius 3 is 2.82 bits per heavy atom. The van der Waals surface area contributed by atoms with Crippen LogP contribution >= 0.6 is 40.2 Å². The Balaban J connectivity index is 2.32. The molecule has 1 heterocycles. The van der Waals surface area contributed by atoms with Crippen molar-refractivity contribution in [2.24, 2.45) is 5.10 Å². The molecule has 7 heteroatoms. The standard InChI is InChI=1S/C10H8BrClN4S/c1-6-14-15-10(17)16(6)13-5-7-2-3-8(12)4-9(7)11/h2-5H,1H3,(H,15,17). The van der Waals surface area contributed by atoms with E-state index in [1.807, 2.05) is 12.1 Å². The summed E-state index contributed by atoms with van der Waals surface area (Å²) in [4.78, 5) is 0. The van der Waals surface area contributed by atoms with E-state index in [-0.39, 0.29) is 0 Å². The van der Waals surface area contributed by atoms with Gasteiger partial charge in [0.2, 0.25) is 5.16 Å². The Bertz CT molecular complexity index is 562. The molecule has 0 bridgehead atoms. The summed E-state index contributed by atoms with van der Waals surface area (Å²) in [7, 11) is 0. The van der Waals surface area contributed by atoms with E-state index in [9.17, 15) is 0 Å². The second-order valence-electron chi connectivity index (χ2n) is 3.27. The smallest absolute Gasteiger partial charge is 0.192 e. The molecule has 0 atom stereocenters. The minimum Gasteiger partial charge on any atom is -0.192 e. The van der Waals surface area contributed by atoms with Gasteiger partial charge in [0.1, 0.15) is 0 Å². The summed E-state index contributed by atoms with van der Waals surface area (Å²) in [6.45, 7) is 1.81. The summed E-state index contributed by atoms with van der Waals surface area (Å²) in [6, 6.07) is 5.48. The van der Waals surface area contributed by atoms with Crippen LogP contribution in [0.2, 0.25) is 5.02 Å². The van der Waals surface area contributed by atoms with Crippen LogP contribution in [0.25, 0.3) is 0 Å². The summed E-state index contributed by atoms with van der Waals surface area (Å²) in [5.74, 6) is 0.677. The molecule has 1 aromatic carbocycles. The zero-order valence-corrected chi connectivity index (χ0v) is 12.0. The largest absolute Gasteiger partial charge is 0.208 e. The number of hydrogen-bond donors (Lipinski definition) is 1. The molecule has 0 aliphatic rings. The summed E-state index contributed by atoms with van der Waals surface area (Å²) < 4.78 is 2.42. The Morgan fingerprint density at radius 1 is 1.47 bits per heavy atom. The molecular weight excluding hydrogens is 324 g/mol. The highest BCUT2D eigenvalue weighted by Gasteiger charge is 2.03. The Kier molecular flexibility index (Phi) is 3.86. The van der Waals surface area contributed by atoms with E-state index in [1.54, 1.807) is 23.9 Å². The van der Waals surface area contributed by atoms with Gasteiger partial charge in [-0.15, -0.1) is 22.8 Å². The molecule has 0 saturated carbocycles. The van der Waals surface area contributed by atoms with Crippen LogP contribution in [-0.2, 0) is 0 Å². The van der Waals surface area contributed by atoms with E-state index in [2.05, 4.69) is 43.9 Å². The maximum absolute atomic E-state index is 5.86. The quantitative estimate of drug-likeness (QED) is 0.678. The average Bonchev–Trinajstić information content (AvgIpc) is 2.58. The molecule has 4 nitrogen and oxygen atoms in total. The maximum Gasteiger partial charge on any atom is 0.208 e. The van der Waals surface area contributed by atoms with Crippen molar-refractivity contribution in [3.05, 3.63) is 39.1 Å². The number of aryl methyl sites for hydroxylation is 1. The fraction of sp³-hybridized carbons (Fsp3) is 0.100. The predicted molar refractivity (Wildman–Crippen MR) is 74.2 cm³/mol. The first-order valence-corrected chi connectivity index (χ1v) is 6.30. The summed E-state index contributed by atoms with van der Waals surface area (Å²) in [6.07, 6.45) is 1.69. The van der Waals surface area contributed by atoms with Gasteiger partial charge < -0.3 is 0 Å². The van der Waals surface area contributed by atoms with Gasteiger partial charge in [-0.05, 0) is 19.1 Å². The van der Waals surface area contributed by atoms with Crippen LogP contribution in [0.4, 0.5) is 0 Å². The third kappa shape index (κ3) is 2.88. The first-order valence-electron chi connectivity index (χ1n) is 4.68. The van der Waals surface area contributed by atoms with Crippen molar-refractivity contribution in [1.29, 1.82) is 0 Å². The highest BCUT2D eigenvalue weighted by Crippen LogP contribution is 2.20. The van der Waals surface area contributed by atoms with Crippen molar-refractivity contribution in [3.63, 3.8) is 0 Å². The van der Waals surface area contributed by atoms with E-state index in [0.717, 1.165) is 10.0 Å². The molecule has 0 saturated heterocycles. The molecule has 17 heavy (non-hydrogen) atoms. The lowest BCUT2D eigenvalue weighted by Crippen LogP contribution is -1.95. The molecule has 0 fully saturated rings. The van der Waals surface area contributed by atoms with Crippen LogP contribution in [0, 0.1) is 6.92 Å². The zero-order chi connectivity index (χ0) is 12.4. The van der Waals surface area contributed by atoms with Gasteiger partial charge in [-0.3, -0.25) is 0 Å². The van der Waals surface area contributed by atoms with E-state index >= 15 is 0 Å². The molecular formula is C10H8BrClN4S. The van der Waals surface area contributed by atoms with E-state index in [1.165, 1.54) is 0 Å². The molecule has 0 spiro atoms. The van der Waals surface area contributed by atoms with Gasteiger partial charge in [0.25, 0.3) is 0 Å². The summed E-state index contributed by atoms with van der Waals surface area (Å²) in [5.41, 5.74) is 0.912. The lowest BCUT2D eigenvalue weighted by Gasteiger charge is -2.00. The first-order chi connectivity index (χ1) is 8.08. The lowest BCUT2D eigenvalue weighted by molar-refractivity contribution is 0.747. The maximum atomic E-state index is 5.86. The zero-order valence-electron chi connectivity index (χ0n) is 8.80. The van der Waals surface area contributed by atoms with Gasteiger partial charge in [0.05, 0.1) is 6.21 Å². The number of hydrogen-bond acceptors (Lipinski definition) is 4. The van der Waals surface area contributed by atoms with E-state index < -0.39 is 0 Å². The Labute approximate surface area is 117 Å². The average molecular weight is 332 g/mol. The van der Waals surface area contributed by atoms with Crippen molar-refractivity contribution < 1.29 is 0 Å². The van der Waals surface area contributed by atoms with Crippen molar-refractivity contribution in [2.45, 2.75) is 12.1 Å². The molecule has 0 aliphatic carbocycles. The first kappa shape index (κ1) is 12.6. The molecule has 2 aromatic rings. The van der Waals surface area contributed by atoms with Crippen LogP contribution in [0.3, 0.4) is 0 Å². The normalized spacial score (nSPS) is 11.3. The minimum absolute atomic E-state index is 0.448. The van der Waals surface area contributed by atoms with Gasteiger partial charge >= 0.3 is 0 Å². The monoisotopic (exact) mass is 330 g/mol. The van der Waals surface area contributed by atoms with Crippen LogP contribution in [0.5, 0.6) is 0 Å². The van der Waals surface area contributed by atoms with Crippen LogP contribution in [0.15, 0.2) is 32.9 Å². The van der Waals surface area contributed by atoms with Gasteiger partial charge in [0, 0.05) is 15.1 Å². The Morgan fingerprint density at radius 2 is 2.24 bits per heavy atom. The predicted octanol–water partition coefficient (Wildman–Crippen LogP) is 3.17. The third-order valence-electron chi connectivity index (χ3n) is 2.05. The number of nitrogens with zero attached hydrogens (tertiary/aromatic N) is 4. The second-order valence-corrected chi connectivity index (χ2v) is 4.96. The van der Waals surface area contributed by atoms with Crippen LogP contribution < -0.4 is 0 Å². The highest BCUT2D eigenvalue weighted by molar-refractivity contribution is 9.10. The fourth-order valence-electron chi connectivity index (χ4n) is 1.21. The molecule has 0 amide bonds. The van der Waals surface area contributed by atoms with Crippen LogP contribution in [0.1, 0.15) is 11.4 Å². The van der Waals surface area contributed by atoms with Crippen molar-refractivity contribution >= 4 is 46.4 Å². The highest BCUT2D eigenvalue weighted by atomic mass is 79.9. The van der Waals surface area contributed by atoms with Crippen molar-refractivity contribution in [1.82, 2.24) is 14.9 Å². The van der Waals surface area contributed by atoms with Crippen molar-refractivity contribution in [2.75, 3.05) is 0 Å². The number of halogens is 2. The van der Waals surface area contributed by atoms with Gasteiger partial charge in [0.15, 0.2) is 5.82 Å². The number of benzene rings is 1. The molecule has 0 unspecified atom stereocenters. The summed E-state index contributed by atoms with van der Waals surface area (Å²) >= 11 is 13.4. The van der Waals surface area contributed by atoms with Gasteiger partial charge in [-0.1, -0.05) is 33.6 Å². The molecule has 0 radical (unpaired) electrons. The van der Waals surface area contributed by atoms with Crippen molar-refractivity contribution in [3.8, 4) is 0 Å². The SMILES string of the molecule is Cc1nnc(S)n1N=Cc1ccc(Cl)cc1Br. The number of aromatic nitrogens is 3. The second kappa shape index (κ2) is 5.20. The lowest BCUT2D eigenvalue weighted by atomic mass is 10.2. The molecule has 1 aromatic heterocycles. The fourth-order valence-corrected chi connectivity index (χ4v) is 2.23. The topological polar surface area (TPSA) is 43.1 Å². The summed E-state index contributed by atoms with van der Waals surface area (Å²) in [5, 5.41) is 13.0. The molecule has 0 N–H and O–H groups in total. The van der Waals surface area contributed by atoms with Gasteiger partial charge in [-0.25, -0.2) is 0 Å². The molecule has 0 aliphatic heterocycles. The number of thiol groups is 1. The van der Waals surface area contributed by atoms with Gasteiger partial charge in [-0.2, -0.15) is 9.78 Å². The molecule has 88 valence electrons. The van der Waals surface area contributed by atoms with E-state index in [4.69, 9.17) is 11.6 Å². The Hall–Kier alpha value is -0.850. The third-order valence-corrected chi connectivity index (χ3v) is 3.26. The minimum atomic E-state index is 0.448. The molecule has 2 rings (SSSR count). The van der Waals surface area contributed by atoms with E-state index in [0.29, 0.717) is 16.0 Å². The number of rotatable bonds is 2.